The van der Waals surface area contributed by atoms with Crippen molar-refractivity contribution in [3.63, 3.8) is 0 Å². The Balaban J connectivity index is 2.13. The molecule has 1 aliphatic rings. The van der Waals surface area contributed by atoms with Crippen LogP contribution < -0.4 is 0 Å². The van der Waals surface area contributed by atoms with Gasteiger partial charge in [0.25, 0.3) is 0 Å². The fourth-order valence-corrected chi connectivity index (χ4v) is 2.08. The van der Waals surface area contributed by atoms with Crippen molar-refractivity contribution in [1.82, 2.24) is 9.88 Å². The van der Waals surface area contributed by atoms with Gasteiger partial charge in [0.1, 0.15) is 0 Å². The average molecular weight is 203 g/mol. The van der Waals surface area contributed by atoms with Gasteiger partial charge in [-0.3, -0.25) is 10.4 Å². The lowest BCUT2D eigenvalue weighted by Crippen LogP contribution is -2.36. The maximum atomic E-state index is 7.93. The third kappa shape index (κ3) is 2.17. The highest BCUT2D eigenvalue weighted by molar-refractivity contribution is 5.80. The van der Waals surface area contributed by atoms with Crippen LogP contribution in [0.25, 0.3) is 0 Å². The van der Waals surface area contributed by atoms with E-state index in [4.69, 9.17) is 5.41 Å². The lowest BCUT2D eigenvalue weighted by atomic mass is 10.0. The Kier molecular flexibility index (Phi) is 2.99. The summed E-state index contributed by atoms with van der Waals surface area (Å²) in [6.07, 6.45) is 6.97. The quantitative estimate of drug-likeness (QED) is 0.802. The predicted octanol–water partition coefficient (Wildman–Crippen LogP) is 2.61. The van der Waals surface area contributed by atoms with E-state index >= 15 is 0 Å². The highest BCUT2D eigenvalue weighted by Gasteiger charge is 2.21. The number of likely N-dealkylation sites (tertiary alicyclic amines) is 1. The van der Waals surface area contributed by atoms with Crippen LogP contribution in [0.2, 0.25) is 0 Å². The van der Waals surface area contributed by atoms with Gasteiger partial charge >= 0.3 is 0 Å². The molecule has 3 nitrogen and oxygen atoms in total. The van der Waals surface area contributed by atoms with Gasteiger partial charge in [-0.25, -0.2) is 0 Å². The molecular weight excluding hydrogens is 186 g/mol. The van der Waals surface area contributed by atoms with E-state index in [0.29, 0.717) is 0 Å². The van der Waals surface area contributed by atoms with E-state index in [0.717, 1.165) is 25.2 Å². The number of piperidine rings is 1. The molecule has 0 amide bonds. The van der Waals surface area contributed by atoms with Crippen molar-refractivity contribution >= 4 is 5.84 Å². The van der Waals surface area contributed by atoms with Crippen molar-refractivity contribution in [2.45, 2.75) is 32.2 Å². The minimum absolute atomic E-state index is 0.284. The van der Waals surface area contributed by atoms with Gasteiger partial charge in [-0.05, 0) is 31.4 Å². The van der Waals surface area contributed by atoms with E-state index in [1.807, 2.05) is 12.3 Å². The van der Waals surface area contributed by atoms with Crippen LogP contribution in [-0.4, -0.2) is 22.3 Å². The highest BCUT2D eigenvalue weighted by Crippen LogP contribution is 2.24. The Morgan fingerprint density at radius 3 is 3.00 bits per heavy atom. The summed E-state index contributed by atoms with van der Waals surface area (Å²) in [5.41, 5.74) is 1.20. The summed E-state index contributed by atoms with van der Waals surface area (Å²) in [4.78, 5) is 6.31. The van der Waals surface area contributed by atoms with Crippen LogP contribution in [0.3, 0.4) is 0 Å². The zero-order valence-corrected chi connectivity index (χ0v) is 9.11. The van der Waals surface area contributed by atoms with Crippen molar-refractivity contribution in [2.24, 2.45) is 0 Å². The first-order valence-electron chi connectivity index (χ1n) is 5.53. The van der Waals surface area contributed by atoms with Gasteiger partial charge in [0, 0.05) is 25.4 Å². The molecule has 1 aliphatic heterocycles. The molecule has 80 valence electrons. The molecule has 1 aromatic rings. The summed E-state index contributed by atoms with van der Waals surface area (Å²) >= 11 is 0. The molecule has 0 aromatic carbocycles. The molecule has 2 heterocycles. The molecule has 2 rings (SSSR count). The maximum Gasteiger partial charge on any atom is 0.0962 e. The number of nitrogens with one attached hydrogen (secondary N) is 1. The molecule has 0 spiro atoms. The Hall–Kier alpha value is -1.38. The summed E-state index contributed by atoms with van der Waals surface area (Å²) < 4.78 is 0. The van der Waals surface area contributed by atoms with E-state index in [2.05, 4.69) is 22.9 Å². The largest absolute Gasteiger partial charge is 0.354 e. The summed E-state index contributed by atoms with van der Waals surface area (Å²) in [7, 11) is 0. The molecule has 1 unspecified atom stereocenters. The van der Waals surface area contributed by atoms with Crippen LogP contribution in [0.15, 0.2) is 24.5 Å². The van der Waals surface area contributed by atoms with E-state index < -0.39 is 0 Å². The topological polar surface area (TPSA) is 40.0 Å². The summed E-state index contributed by atoms with van der Waals surface area (Å²) in [5, 5.41) is 7.93. The van der Waals surface area contributed by atoms with Gasteiger partial charge in [-0.1, -0.05) is 6.07 Å². The third-order valence-corrected chi connectivity index (χ3v) is 3.04. The molecule has 1 aromatic heterocycles. The molecule has 1 saturated heterocycles. The number of rotatable bonds is 2. The number of hydrogen-bond donors (Lipinski definition) is 1. The van der Waals surface area contributed by atoms with Crippen LogP contribution in [0, 0.1) is 5.41 Å². The molecule has 1 fully saturated rings. The first-order valence-corrected chi connectivity index (χ1v) is 5.53. The molecule has 0 radical (unpaired) electrons. The van der Waals surface area contributed by atoms with E-state index in [-0.39, 0.29) is 6.04 Å². The second-order valence-electron chi connectivity index (χ2n) is 4.06. The first kappa shape index (κ1) is 10.1. The molecule has 0 bridgehead atoms. The average Bonchev–Trinajstić information content (AvgIpc) is 2.30. The smallest absolute Gasteiger partial charge is 0.0962 e. The van der Waals surface area contributed by atoms with Crippen LogP contribution >= 0.6 is 0 Å². The SMILES string of the molecule is CC(c1cccnc1)N1CCCCC1=N. The third-order valence-electron chi connectivity index (χ3n) is 3.04. The number of amidine groups is 1. The lowest BCUT2D eigenvalue weighted by Gasteiger charge is -2.34. The van der Waals surface area contributed by atoms with E-state index in [9.17, 15) is 0 Å². The highest BCUT2D eigenvalue weighted by atomic mass is 15.2. The zero-order chi connectivity index (χ0) is 10.7. The van der Waals surface area contributed by atoms with Crippen LogP contribution in [0.5, 0.6) is 0 Å². The maximum absolute atomic E-state index is 7.93. The lowest BCUT2D eigenvalue weighted by molar-refractivity contribution is 0.299. The Morgan fingerprint density at radius 1 is 1.47 bits per heavy atom. The van der Waals surface area contributed by atoms with Crippen molar-refractivity contribution in [3.05, 3.63) is 30.1 Å². The molecule has 1 N–H and O–H groups in total. The fourth-order valence-electron chi connectivity index (χ4n) is 2.08. The number of nitrogens with zero attached hydrogens (tertiary/aromatic N) is 2. The standard InChI is InChI=1S/C12H17N3/c1-10(11-5-4-7-14-9-11)15-8-3-2-6-12(15)13/h4-5,7,9-10,13H,2-3,6,8H2,1H3. The number of hydrogen-bond acceptors (Lipinski definition) is 2. The van der Waals surface area contributed by atoms with Crippen LogP contribution in [0.4, 0.5) is 0 Å². The Morgan fingerprint density at radius 2 is 2.33 bits per heavy atom. The van der Waals surface area contributed by atoms with Crippen molar-refractivity contribution in [3.8, 4) is 0 Å². The molecule has 3 heteroatoms. The molecule has 15 heavy (non-hydrogen) atoms. The van der Waals surface area contributed by atoms with Crippen molar-refractivity contribution in [2.75, 3.05) is 6.54 Å². The van der Waals surface area contributed by atoms with E-state index in [1.54, 1.807) is 6.20 Å². The second kappa shape index (κ2) is 4.43. The summed E-state index contributed by atoms with van der Waals surface area (Å²) in [6, 6.07) is 4.32. The van der Waals surface area contributed by atoms with Crippen LogP contribution in [-0.2, 0) is 0 Å². The van der Waals surface area contributed by atoms with Gasteiger partial charge in [0.2, 0.25) is 0 Å². The molecular formula is C12H17N3. The van der Waals surface area contributed by atoms with Gasteiger partial charge in [-0.2, -0.15) is 0 Å². The van der Waals surface area contributed by atoms with Gasteiger partial charge in [0.05, 0.1) is 11.9 Å². The van der Waals surface area contributed by atoms with E-state index in [1.165, 1.54) is 12.0 Å². The molecule has 0 saturated carbocycles. The first-order chi connectivity index (χ1) is 7.29. The predicted molar refractivity (Wildman–Crippen MR) is 60.9 cm³/mol. The molecule has 1 atom stereocenters. The van der Waals surface area contributed by atoms with Crippen molar-refractivity contribution < 1.29 is 0 Å². The second-order valence-corrected chi connectivity index (χ2v) is 4.06. The van der Waals surface area contributed by atoms with Crippen molar-refractivity contribution in [1.29, 1.82) is 5.41 Å². The summed E-state index contributed by atoms with van der Waals surface area (Å²) in [6.45, 7) is 3.16. The zero-order valence-electron chi connectivity index (χ0n) is 9.11. The normalized spacial score (nSPS) is 19.0. The number of aromatic nitrogens is 1. The number of pyridine rings is 1. The fraction of sp³-hybridized carbons (Fsp3) is 0.500. The van der Waals surface area contributed by atoms with Gasteiger partial charge < -0.3 is 4.90 Å². The minimum atomic E-state index is 0.284. The minimum Gasteiger partial charge on any atom is -0.354 e. The molecule has 0 aliphatic carbocycles. The van der Waals surface area contributed by atoms with Gasteiger partial charge in [-0.15, -0.1) is 0 Å². The monoisotopic (exact) mass is 203 g/mol. The Labute approximate surface area is 90.6 Å². The van der Waals surface area contributed by atoms with Gasteiger partial charge in [0.15, 0.2) is 0 Å². The Bertz CT molecular complexity index is 334. The van der Waals surface area contributed by atoms with Crippen LogP contribution in [0.1, 0.15) is 37.8 Å². The summed E-state index contributed by atoms with van der Waals surface area (Å²) in [5.74, 6) is 0.776.